The average molecular weight is 370 g/mol. The van der Waals surface area contributed by atoms with Crippen LogP contribution in [0.1, 0.15) is 18.4 Å². The van der Waals surface area contributed by atoms with E-state index in [9.17, 15) is 13.2 Å². The van der Waals surface area contributed by atoms with Gasteiger partial charge in [0.15, 0.2) is 0 Å². The van der Waals surface area contributed by atoms with Crippen molar-refractivity contribution in [1.29, 1.82) is 0 Å². The summed E-state index contributed by atoms with van der Waals surface area (Å²) < 4.78 is 30.7. The van der Waals surface area contributed by atoms with Crippen molar-refractivity contribution < 1.29 is 17.9 Å². The summed E-state index contributed by atoms with van der Waals surface area (Å²) in [5.74, 6) is -0.441. The molecule has 0 fully saturated rings. The van der Waals surface area contributed by atoms with E-state index in [4.69, 9.17) is 0 Å². The molecule has 0 atom stereocenters. The van der Waals surface area contributed by atoms with E-state index in [1.807, 2.05) is 11.4 Å². The normalized spacial score (nSPS) is 11.8. The Balaban J connectivity index is 2.49. The van der Waals surface area contributed by atoms with E-state index in [-0.39, 0.29) is 24.6 Å². The monoisotopic (exact) mass is 369 g/mol. The third kappa shape index (κ3) is 5.60. The topological polar surface area (TPSA) is 63.7 Å². The molecule has 1 rings (SSSR count). The number of hydrogen-bond donors (Lipinski definition) is 0. The molecule has 0 aromatic carbocycles. The molecule has 1 aromatic heterocycles. The van der Waals surface area contributed by atoms with Crippen molar-refractivity contribution in [2.45, 2.75) is 19.4 Å². The molecule has 108 valence electrons. The first-order valence-electron chi connectivity index (χ1n) is 5.59. The van der Waals surface area contributed by atoms with E-state index in [1.165, 1.54) is 22.8 Å². The van der Waals surface area contributed by atoms with Crippen molar-refractivity contribution in [2.75, 3.05) is 19.9 Å². The maximum absolute atomic E-state index is 12.0. The first-order valence-corrected chi connectivity index (χ1v) is 8.87. The number of methoxy groups -OCH3 is 1. The highest BCUT2D eigenvalue weighted by atomic mass is 79.9. The number of hydrogen-bond acceptors (Lipinski definition) is 5. The van der Waals surface area contributed by atoms with E-state index in [0.29, 0.717) is 6.54 Å². The molecular formula is C11H16BrNO4S2. The van der Waals surface area contributed by atoms with Gasteiger partial charge in [0.2, 0.25) is 10.0 Å². The molecule has 0 aliphatic heterocycles. The zero-order chi connectivity index (χ0) is 14.5. The van der Waals surface area contributed by atoms with Crippen LogP contribution < -0.4 is 0 Å². The van der Waals surface area contributed by atoms with Gasteiger partial charge >= 0.3 is 5.97 Å². The van der Waals surface area contributed by atoms with Crippen molar-refractivity contribution in [2.24, 2.45) is 0 Å². The number of rotatable bonds is 7. The second-order valence-corrected chi connectivity index (χ2v) is 8.50. The lowest BCUT2D eigenvalue weighted by atomic mass is 10.3. The van der Waals surface area contributed by atoms with Gasteiger partial charge in [-0.15, -0.1) is 11.3 Å². The van der Waals surface area contributed by atoms with Crippen molar-refractivity contribution >= 4 is 43.3 Å². The van der Waals surface area contributed by atoms with Crippen LogP contribution in [0.2, 0.25) is 0 Å². The molecule has 0 bridgehead atoms. The van der Waals surface area contributed by atoms with E-state index in [1.54, 1.807) is 7.05 Å². The Labute approximate surface area is 125 Å². The number of nitrogens with zero attached hydrogens (tertiary/aromatic N) is 1. The van der Waals surface area contributed by atoms with E-state index in [0.717, 1.165) is 9.35 Å². The summed E-state index contributed by atoms with van der Waals surface area (Å²) in [6.07, 6.45) is 0.389. The number of carbonyl (C=O) groups excluding carboxylic acids is 1. The van der Waals surface area contributed by atoms with Crippen molar-refractivity contribution in [3.63, 3.8) is 0 Å². The molecule has 0 aliphatic carbocycles. The first kappa shape index (κ1) is 16.6. The summed E-state index contributed by atoms with van der Waals surface area (Å²) >= 11 is 4.85. The van der Waals surface area contributed by atoms with Crippen LogP contribution in [0.25, 0.3) is 0 Å². The zero-order valence-corrected chi connectivity index (χ0v) is 14.0. The summed E-state index contributed by atoms with van der Waals surface area (Å²) in [6.45, 7) is 0.336. The van der Waals surface area contributed by atoms with Crippen LogP contribution in [0, 0.1) is 0 Å². The molecule has 0 aliphatic rings. The fraction of sp³-hybridized carbons (Fsp3) is 0.545. The van der Waals surface area contributed by atoms with Gasteiger partial charge in [-0.3, -0.25) is 4.79 Å². The SMILES string of the molecule is COC(=O)CCCS(=O)(=O)N(C)Cc1csc(Br)c1. The lowest BCUT2D eigenvalue weighted by Gasteiger charge is -2.16. The molecule has 0 radical (unpaired) electrons. The number of thiophene rings is 1. The maximum atomic E-state index is 12.0. The summed E-state index contributed by atoms with van der Waals surface area (Å²) in [5, 5.41) is 1.91. The quantitative estimate of drug-likeness (QED) is 0.691. The van der Waals surface area contributed by atoms with Crippen LogP contribution in [-0.2, 0) is 26.1 Å². The molecule has 0 spiro atoms. The van der Waals surface area contributed by atoms with Gasteiger partial charge in [-0.25, -0.2) is 12.7 Å². The molecule has 0 unspecified atom stereocenters. The molecule has 0 saturated heterocycles. The molecule has 5 nitrogen and oxygen atoms in total. The fourth-order valence-electron chi connectivity index (χ4n) is 1.44. The third-order valence-corrected chi connectivity index (χ3v) is 5.95. The van der Waals surface area contributed by atoms with Gasteiger partial charge in [-0.05, 0) is 39.4 Å². The van der Waals surface area contributed by atoms with Crippen molar-refractivity contribution in [1.82, 2.24) is 4.31 Å². The molecule has 1 heterocycles. The van der Waals surface area contributed by atoms with Crippen LogP contribution in [0.5, 0.6) is 0 Å². The number of carbonyl (C=O) groups is 1. The summed E-state index contributed by atoms with van der Waals surface area (Å²) in [7, 11) is -0.508. The van der Waals surface area contributed by atoms with Crippen molar-refractivity contribution in [3.05, 3.63) is 20.8 Å². The summed E-state index contributed by atoms with van der Waals surface area (Å²) in [5.41, 5.74) is 0.941. The number of ether oxygens (including phenoxy) is 1. The average Bonchev–Trinajstić information content (AvgIpc) is 2.74. The summed E-state index contributed by atoms with van der Waals surface area (Å²) in [6, 6.07) is 1.89. The summed E-state index contributed by atoms with van der Waals surface area (Å²) in [4.78, 5) is 10.9. The molecule has 0 saturated carbocycles. The van der Waals surface area contributed by atoms with Crippen LogP contribution in [0.4, 0.5) is 0 Å². The van der Waals surface area contributed by atoms with Crippen LogP contribution >= 0.6 is 27.3 Å². The zero-order valence-electron chi connectivity index (χ0n) is 10.8. The molecule has 0 N–H and O–H groups in total. The largest absolute Gasteiger partial charge is 0.469 e. The van der Waals surface area contributed by atoms with Gasteiger partial charge in [0.05, 0.1) is 16.6 Å². The third-order valence-electron chi connectivity index (χ3n) is 2.51. The number of esters is 1. The van der Waals surface area contributed by atoms with Crippen molar-refractivity contribution in [3.8, 4) is 0 Å². The van der Waals surface area contributed by atoms with Gasteiger partial charge in [-0.1, -0.05) is 0 Å². The fourth-order valence-corrected chi connectivity index (χ4v) is 3.81. The lowest BCUT2D eigenvalue weighted by molar-refractivity contribution is -0.140. The molecular weight excluding hydrogens is 354 g/mol. The Morgan fingerprint density at radius 1 is 1.53 bits per heavy atom. The van der Waals surface area contributed by atoms with Gasteiger partial charge < -0.3 is 4.74 Å². The van der Waals surface area contributed by atoms with Gasteiger partial charge in [0.25, 0.3) is 0 Å². The minimum Gasteiger partial charge on any atom is -0.469 e. The smallest absolute Gasteiger partial charge is 0.305 e. The number of sulfonamides is 1. The highest BCUT2D eigenvalue weighted by molar-refractivity contribution is 9.11. The second kappa shape index (κ2) is 7.37. The Bertz CT molecular complexity index is 527. The van der Waals surface area contributed by atoms with Crippen LogP contribution in [0.3, 0.4) is 0 Å². The highest BCUT2D eigenvalue weighted by Gasteiger charge is 2.18. The van der Waals surface area contributed by atoms with Gasteiger partial charge in [-0.2, -0.15) is 0 Å². The lowest BCUT2D eigenvalue weighted by Crippen LogP contribution is -2.29. The molecule has 8 heteroatoms. The Morgan fingerprint density at radius 3 is 2.74 bits per heavy atom. The Kier molecular flexibility index (Phi) is 6.45. The van der Waals surface area contributed by atoms with Gasteiger partial charge in [0.1, 0.15) is 0 Å². The second-order valence-electron chi connectivity index (χ2n) is 4.01. The minimum absolute atomic E-state index is 0.0517. The predicted molar refractivity (Wildman–Crippen MR) is 78.5 cm³/mol. The molecule has 0 amide bonds. The van der Waals surface area contributed by atoms with E-state index >= 15 is 0 Å². The Morgan fingerprint density at radius 2 is 2.21 bits per heavy atom. The van der Waals surface area contributed by atoms with Gasteiger partial charge in [0, 0.05) is 20.0 Å². The van der Waals surface area contributed by atoms with E-state index in [2.05, 4.69) is 20.7 Å². The van der Waals surface area contributed by atoms with Crippen LogP contribution in [-0.4, -0.2) is 38.6 Å². The number of halogens is 1. The minimum atomic E-state index is -3.34. The Hall–Kier alpha value is -0.440. The van der Waals surface area contributed by atoms with E-state index < -0.39 is 10.0 Å². The maximum Gasteiger partial charge on any atom is 0.305 e. The highest BCUT2D eigenvalue weighted by Crippen LogP contribution is 2.22. The van der Waals surface area contributed by atoms with Crippen LogP contribution in [0.15, 0.2) is 15.2 Å². The standard InChI is InChI=1S/C11H16BrNO4S2/c1-13(7-9-6-10(12)18-8-9)19(15,16)5-3-4-11(14)17-2/h6,8H,3-5,7H2,1-2H3. The molecule has 1 aromatic rings. The predicted octanol–water partition coefficient (Wildman–Crippen LogP) is 2.23. The molecule has 19 heavy (non-hydrogen) atoms. The first-order chi connectivity index (χ1) is 8.85.